The van der Waals surface area contributed by atoms with Crippen molar-refractivity contribution in [2.75, 3.05) is 13.2 Å². The monoisotopic (exact) mass is 214 g/mol. The first kappa shape index (κ1) is 10.2. The van der Waals surface area contributed by atoms with Crippen molar-refractivity contribution in [3.8, 4) is 11.5 Å². The van der Waals surface area contributed by atoms with E-state index in [9.17, 15) is 8.78 Å². The first-order chi connectivity index (χ1) is 7.07. The summed E-state index contributed by atoms with van der Waals surface area (Å²) in [5, 5.41) is 0. The quantitative estimate of drug-likeness (QED) is 0.715. The van der Waals surface area contributed by atoms with Crippen LogP contribution in [0.25, 0.3) is 0 Å². The Hall–Kier alpha value is -1.32. The SMILES string of the molecule is CC(F)(F)c1ccc2c(c1)OCCCO2. The van der Waals surface area contributed by atoms with E-state index < -0.39 is 5.92 Å². The van der Waals surface area contributed by atoms with E-state index in [0.29, 0.717) is 24.7 Å². The average molecular weight is 214 g/mol. The summed E-state index contributed by atoms with van der Waals surface area (Å²) in [4.78, 5) is 0. The van der Waals surface area contributed by atoms with Crippen LogP contribution in [-0.2, 0) is 5.92 Å². The minimum atomic E-state index is -2.84. The van der Waals surface area contributed by atoms with Crippen LogP contribution in [0.2, 0.25) is 0 Å². The molecular weight excluding hydrogens is 202 g/mol. The minimum Gasteiger partial charge on any atom is -0.490 e. The van der Waals surface area contributed by atoms with Gasteiger partial charge in [-0.2, -0.15) is 0 Å². The summed E-state index contributed by atoms with van der Waals surface area (Å²) in [5.41, 5.74) is -0.0493. The van der Waals surface area contributed by atoms with Gasteiger partial charge in [-0.05, 0) is 18.2 Å². The zero-order valence-corrected chi connectivity index (χ0v) is 8.43. The zero-order valence-electron chi connectivity index (χ0n) is 8.43. The van der Waals surface area contributed by atoms with E-state index in [0.717, 1.165) is 13.3 Å². The molecule has 2 rings (SSSR count). The van der Waals surface area contributed by atoms with Crippen LogP contribution in [0, 0.1) is 0 Å². The molecule has 1 heterocycles. The second-order valence-electron chi connectivity index (χ2n) is 3.60. The van der Waals surface area contributed by atoms with Gasteiger partial charge in [0.25, 0.3) is 5.92 Å². The highest BCUT2D eigenvalue weighted by Gasteiger charge is 2.26. The molecule has 0 aromatic heterocycles. The molecule has 0 amide bonds. The van der Waals surface area contributed by atoms with Gasteiger partial charge in [0.2, 0.25) is 0 Å². The Morgan fingerprint density at radius 2 is 1.80 bits per heavy atom. The maximum Gasteiger partial charge on any atom is 0.270 e. The van der Waals surface area contributed by atoms with Crippen molar-refractivity contribution in [1.29, 1.82) is 0 Å². The number of halogens is 2. The zero-order chi connectivity index (χ0) is 10.9. The van der Waals surface area contributed by atoms with E-state index in [4.69, 9.17) is 9.47 Å². The molecule has 15 heavy (non-hydrogen) atoms. The molecule has 1 aliphatic heterocycles. The van der Waals surface area contributed by atoms with Gasteiger partial charge in [-0.1, -0.05) is 0 Å². The summed E-state index contributed by atoms with van der Waals surface area (Å²) in [7, 11) is 0. The fraction of sp³-hybridized carbons (Fsp3) is 0.455. The van der Waals surface area contributed by atoms with E-state index in [1.165, 1.54) is 18.2 Å². The molecule has 1 aliphatic rings. The second kappa shape index (κ2) is 3.68. The molecule has 0 spiro atoms. The van der Waals surface area contributed by atoms with Gasteiger partial charge < -0.3 is 9.47 Å². The van der Waals surface area contributed by atoms with Gasteiger partial charge in [0.1, 0.15) is 0 Å². The van der Waals surface area contributed by atoms with Crippen molar-refractivity contribution in [1.82, 2.24) is 0 Å². The maximum absolute atomic E-state index is 13.0. The molecule has 1 aromatic rings. The Morgan fingerprint density at radius 3 is 2.47 bits per heavy atom. The molecular formula is C11H12F2O2. The van der Waals surface area contributed by atoms with Gasteiger partial charge in [-0.15, -0.1) is 0 Å². The molecule has 0 saturated heterocycles. The Bertz CT molecular complexity index is 358. The Balaban J connectivity index is 2.36. The fourth-order valence-electron chi connectivity index (χ4n) is 1.44. The highest BCUT2D eigenvalue weighted by Crippen LogP contribution is 2.36. The van der Waals surface area contributed by atoms with Gasteiger partial charge in [0, 0.05) is 18.9 Å². The Morgan fingerprint density at radius 1 is 1.13 bits per heavy atom. The number of alkyl halides is 2. The molecule has 0 aliphatic carbocycles. The molecule has 2 nitrogen and oxygen atoms in total. The topological polar surface area (TPSA) is 18.5 Å². The van der Waals surface area contributed by atoms with Crippen LogP contribution in [0.5, 0.6) is 11.5 Å². The van der Waals surface area contributed by atoms with Crippen molar-refractivity contribution >= 4 is 0 Å². The summed E-state index contributed by atoms with van der Waals surface area (Å²) >= 11 is 0. The Labute approximate surface area is 86.8 Å². The number of ether oxygens (including phenoxy) is 2. The van der Waals surface area contributed by atoms with E-state index in [-0.39, 0.29) is 5.56 Å². The normalized spacial score (nSPS) is 15.9. The lowest BCUT2D eigenvalue weighted by Gasteiger charge is -2.13. The van der Waals surface area contributed by atoms with Gasteiger partial charge in [-0.25, -0.2) is 8.78 Å². The molecule has 0 bridgehead atoms. The fourth-order valence-corrected chi connectivity index (χ4v) is 1.44. The first-order valence-electron chi connectivity index (χ1n) is 4.85. The van der Waals surface area contributed by atoms with Crippen LogP contribution in [-0.4, -0.2) is 13.2 Å². The molecule has 0 unspecified atom stereocenters. The lowest BCUT2D eigenvalue weighted by molar-refractivity contribution is 0.0172. The van der Waals surface area contributed by atoms with Crippen LogP contribution in [0.15, 0.2) is 18.2 Å². The van der Waals surface area contributed by atoms with Gasteiger partial charge >= 0.3 is 0 Å². The van der Waals surface area contributed by atoms with E-state index in [2.05, 4.69) is 0 Å². The molecule has 0 fully saturated rings. The largest absolute Gasteiger partial charge is 0.490 e. The van der Waals surface area contributed by atoms with Gasteiger partial charge in [0.15, 0.2) is 11.5 Å². The van der Waals surface area contributed by atoms with Crippen LogP contribution in [0.4, 0.5) is 8.78 Å². The average Bonchev–Trinajstić information content (AvgIpc) is 2.39. The van der Waals surface area contributed by atoms with Crippen molar-refractivity contribution in [3.63, 3.8) is 0 Å². The maximum atomic E-state index is 13.0. The summed E-state index contributed by atoms with van der Waals surface area (Å²) < 4.78 is 36.7. The smallest absolute Gasteiger partial charge is 0.270 e. The summed E-state index contributed by atoms with van der Waals surface area (Å²) in [6, 6.07) is 4.25. The molecule has 0 radical (unpaired) electrons. The van der Waals surface area contributed by atoms with E-state index in [1.807, 2.05) is 0 Å². The van der Waals surface area contributed by atoms with E-state index >= 15 is 0 Å². The molecule has 4 heteroatoms. The number of rotatable bonds is 1. The number of fused-ring (bicyclic) bond motifs is 1. The summed E-state index contributed by atoms with van der Waals surface area (Å²) in [5.74, 6) is -1.89. The lowest BCUT2D eigenvalue weighted by atomic mass is 10.1. The van der Waals surface area contributed by atoms with Crippen LogP contribution in [0.3, 0.4) is 0 Å². The number of hydrogen-bond donors (Lipinski definition) is 0. The van der Waals surface area contributed by atoms with Gasteiger partial charge in [-0.3, -0.25) is 0 Å². The van der Waals surface area contributed by atoms with Gasteiger partial charge in [0.05, 0.1) is 13.2 Å². The highest BCUT2D eigenvalue weighted by molar-refractivity contribution is 5.44. The third-order valence-corrected chi connectivity index (χ3v) is 2.25. The van der Waals surface area contributed by atoms with Crippen LogP contribution in [0.1, 0.15) is 18.9 Å². The molecule has 0 saturated carbocycles. The van der Waals surface area contributed by atoms with Crippen LogP contribution < -0.4 is 9.47 Å². The molecule has 0 atom stereocenters. The molecule has 0 N–H and O–H groups in total. The Kier molecular flexibility index (Phi) is 2.50. The minimum absolute atomic E-state index is 0.0493. The third kappa shape index (κ3) is 2.19. The van der Waals surface area contributed by atoms with Crippen LogP contribution >= 0.6 is 0 Å². The van der Waals surface area contributed by atoms with Crippen molar-refractivity contribution in [2.45, 2.75) is 19.3 Å². The predicted molar refractivity (Wildman–Crippen MR) is 51.6 cm³/mol. The third-order valence-electron chi connectivity index (χ3n) is 2.25. The summed E-state index contributed by atoms with van der Waals surface area (Å²) in [6.07, 6.45) is 0.770. The van der Waals surface area contributed by atoms with Crippen molar-refractivity contribution in [2.24, 2.45) is 0 Å². The first-order valence-corrected chi connectivity index (χ1v) is 4.85. The second-order valence-corrected chi connectivity index (χ2v) is 3.60. The highest BCUT2D eigenvalue weighted by atomic mass is 19.3. The predicted octanol–water partition coefficient (Wildman–Crippen LogP) is 2.96. The summed E-state index contributed by atoms with van der Waals surface area (Å²) in [6.45, 7) is 1.94. The number of benzene rings is 1. The van der Waals surface area contributed by atoms with Crippen molar-refractivity contribution < 1.29 is 18.3 Å². The molecule has 82 valence electrons. The standard InChI is InChI=1S/C11H12F2O2/c1-11(12,13)8-3-4-9-10(7-8)15-6-2-5-14-9/h3-4,7H,2,5-6H2,1H3. The van der Waals surface area contributed by atoms with Crippen molar-refractivity contribution in [3.05, 3.63) is 23.8 Å². The number of hydrogen-bond acceptors (Lipinski definition) is 2. The van der Waals surface area contributed by atoms with E-state index in [1.54, 1.807) is 0 Å². The lowest BCUT2D eigenvalue weighted by Crippen LogP contribution is -2.07. The molecule has 1 aromatic carbocycles.